The quantitative estimate of drug-likeness (QED) is 0.444. The number of aromatic nitrogens is 4. The third kappa shape index (κ3) is 5.00. The van der Waals surface area contributed by atoms with Crippen LogP contribution >= 0.6 is 11.8 Å². The van der Waals surface area contributed by atoms with E-state index < -0.39 is 0 Å². The third-order valence-electron chi connectivity index (χ3n) is 4.92. The summed E-state index contributed by atoms with van der Waals surface area (Å²) in [6.45, 7) is 4.07. The van der Waals surface area contributed by atoms with Crippen molar-refractivity contribution in [3.8, 4) is 5.69 Å². The van der Waals surface area contributed by atoms with E-state index in [9.17, 15) is 4.79 Å². The van der Waals surface area contributed by atoms with Gasteiger partial charge in [0.2, 0.25) is 11.1 Å². The molecule has 156 valence electrons. The fraction of sp³-hybridized carbons (Fsp3) is 0.167. The van der Waals surface area contributed by atoms with Crippen LogP contribution < -0.4 is 5.32 Å². The van der Waals surface area contributed by atoms with E-state index in [1.807, 2.05) is 86.6 Å². The van der Waals surface area contributed by atoms with E-state index in [2.05, 4.69) is 26.9 Å². The number of carbonyl (C=O) groups excluding carboxylic acids is 1. The number of amides is 1. The second kappa shape index (κ2) is 9.57. The Balaban J connectivity index is 1.48. The Morgan fingerprint density at radius 1 is 0.968 bits per heavy atom. The Bertz CT molecular complexity index is 1120. The van der Waals surface area contributed by atoms with Gasteiger partial charge in [0.05, 0.1) is 17.5 Å². The molecule has 4 rings (SSSR count). The Morgan fingerprint density at radius 3 is 2.23 bits per heavy atom. The Labute approximate surface area is 185 Å². The smallest absolute Gasteiger partial charge is 0.231 e. The van der Waals surface area contributed by atoms with Gasteiger partial charge in [-0.1, -0.05) is 90.1 Å². The lowest BCUT2D eigenvalue weighted by atomic mass is 9.99. The van der Waals surface area contributed by atoms with Gasteiger partial charge in [0.25, 0.3) is 0 Å². The number of nitrogens with zero attached hydrogens (tertiary/aromatic N) is 4. The molecule has 1 amide bonds. The number of thioether (sulfide) groups is 1. The minimum Gasteiger partial charge on any atom is -0.344 e. The van der Waals surface area contributed by atoms with E-state index in [1.54, 1.807) is 4.68 Å². The van der Waals surface area contributed by atoms with E-state index in [4.69, 9.17) is 0 Å². The summed E-state index contributed by atoms with van der Waals surface area (Å²) in [7, 11) is 0. The molecule has 0 saturated heterocycles. The maximum absolute atomic E-state index is 12.8. The van der Waals surface area contributed by atoms with Gasteiger partial charge in [-0.3, -0.25) is 4.79 Å². The van der Waals surface area contributed by atoms with Crippen LogP contribution in [-0.2, 0) is 4.79 Å². The summed E-state index contributed by atoms with van der Waals surface area (Å²) >= 11 is 1.32. The highest BCUT2D eigenvalue weighted by atomic mass is 32.2. The van der Waals surface area contributed by atoms with Crippen LogP contribution in [0.4, 0.5) is 0 Å². The minimum absolute atomic E-state index is 0.0853. The summed E-state index contributed by atoms with van der Waals surface area (Å²) in [5.74, 6) is 0.124. The lowest BCUT2D eigenvalue weighted by molar-refractivity contribution is -0.119. The number of nitrogens with one attached hydrogen (secondary N) is 1. The van der Waals surface area contributed by atoms with Gasteiger partial charge in [-0.2, -0.15) is 4.68 Å². The molecule has 1 heterocycles. The molecule has 6 nitrogen and oxygen atoms in total. The van der Waals surface area contributed by atoms with Crippen LogP contribution in [0.15, 0.2) is 84.0 Å². The van der Waals surface area contributed by atoms with Crippen LogP contribution in [0.2, 0.25) is 0 Å². The molecule has 7 heteroatoms. The van der Waals surface area contributed by atoms with Crippen molar-refractivity contribution in [2.75, 3.05) is 5.75 Å². The van der Waals surface area contributed by atoms with Crippen LogP contribution in [0.5, 0.6) is 0 Å². The number of rotatable bonds is 7. The van der Waals surface area contributed by atoms with Gasteiger partial charge in [0, 0.05) is 0 Å². The largest absolute Gasteiger partial charge is 0.344 e. The minimum atomic E-state index is -0.217. The zero-order valence-electron chi connectivity index (χ0n) is 17.4. The highest BCUT2D eigenvalue weighted by molar-refractivity contribution is 7.99. The van der Waals surface area contributed by atoms with Crippen molar-refractivity contribution in [2.24, 2.45) is 0 Å². The van der Waals surface area contributed by atoms with Crippen molar-refractivity contribution < 1.29 is 4.79 Å². The summed E-state index contributed by atoms with van der Waals surface area (Å²) in [5, 5.41) is 15.8. The zero-order valence-corrected chi connectivity index (χ0v) is 18.2. The molecular weight excluding hydrogens is 406 g/mol. The predicted octanol–water partition coefficient (Wildman–Crippen LogP) is 4.28. The van der Waals surface area contributed by atoms with Crippen molar-refractivity contribution in [2.45, 2.75) is 25.0 Å². The van der Waals surface area contributed by atoms with Crippen LogP contribution in [0.1, 0.15) is 28.3 Å². The first-order chi connectivity index (χ1) is 15.1. The highest BCUT2D eigenvalue weighted by Gasteiger charge is 2.18. The van der Waals surface area contributed by atoms with Gasteiger partial charge < -0.3 is 5.32 Å². The maximum atomic E-state index is 12.8. The average molecular weight is 430 g/mol. The first kappa shape index (κ1) is 20.8. The second-order valence-corrected chi connectivity index (χ2v) is 8.22. The topological polar surface area (TPSA) is 72.7 Å². The number of benzene rings is 3. The van der Waals surface area contributed by atoms with E-state index >= 15 is 0 Å². The Morgan fingerprint density at radius 2 is 1.61 bits per heavy atom. The average Bonchev–Trinajstić information content (AvgIpc) is 3.25. The first-order valence-electron chi connectivity index (χ1n) is 10.00. The molecule has 0 bridgehead atoms. The first-order valence-corrected chi connectivity index (χ1v) is 11.0. The van der Waals surface area contributed by atoms with Crippen molar-refractivity contribution in [3.05, 3.63) is 101 Å². The van der Waals surface area contributed by atoms with Crippen molar-refractivity contribution >= 4 is 17.7 Å². The maximum Gasteiger partial charge on any atom is 0.231 e. The van der Waals surface area contributed by atoms with Crippen LogP contribution in [0, 0.1) is 13.8 Å². The SMILES string of the molecule is Cc1ccc(-n2nnnc2SCC(=O)NC(c2ccccc2)c2ccccc2)c(C)c1. The van der Waals surface area contributed by atoms with E-state index in [-0.39, 0.29) is 17.7 Å². The van der Waals surface area contributed by atoms with Gasteiger partial charge in [-0.25, -0.2) is 0 Å². The highest BCUT2D eigenvalue weighted by Crippen LogP contribution is 2.24. The monoisotopic (exact) mass is 429 g/mol. The molecule has 0 atom stereocenters. The Hall–Kier alpha value is -3.45. The number of hydrogen-bond acceptors (Lipinski definition) is 5. The molecule has 0 spiro atoms. The van der Waals surface area contributed by atoms with Crippen molar-refractivity contribution in [1.82, 2.24) is 25.5 Å². The van der Waals surface area contributed by atoms with E-state index in [0.29, 0.717) is 5.16 Å². The molecule has 31 heavy (non-hydrogen) atoms. The summed E-state index contributed by atoms with van der Waals surface area (Å²) in [4.78, 5) is 12.8. The van der Waals surface area contributed by atoms with Crippen LogP contribution in [0.3, 0.4) is 0 Å². The number of tetrazole rings is 1. The molecule has 0 aliphatic carbocycles. The second-order valence-electron chi connectivity index (χ2n) is 7.27. The summed E-state index contributed by atoms with van der Waals surface area (Å²) in [6.07, 6.45) is 0. The van der Waals surface area contributed by atoms with E-state index in [0.717, 1.165) is 22.4 Å². The summed E-state index contributed by atoms with van der Waals surface area (Å²) in [6, 6.07) is 25.8. The fourth-order valence-electron chi connectivity index (χ4n) is 3.45. The number of aryl methyl sites for hydroxylation is 2. The normalized spacial score (nSPS) is 10.9. The molecule has 0 aliphatic heterocycles. The number of carbonyl (C=O) groups is 1. The van der Waals surface area contributed by atoms with E-state index in [1.165, 1.54) is 17.3 Å². The molecule has 0 saturated carbocycles. The van der Waals surface area contributed by atoms with Gasteiger partial charge in [0.15, 0.2) is 0 Å². The molecule has 1 N–H and O–H groups in total. The molecular formula is C24H23N5OS. The Kier molecular flexibility index (Phi) is 6.43. The lowest BCUT2D eigenvalue weighted by Gasteiger charge is -2.19. The number of hydrogen-bond donors (Lipinski definition) is 1. The van der Waals surface area contributed by atoms with Crippen molar-refractivity contribution in [1.29, 1.82) is 0 Å². The van der Waals surface area contributed by atoms with Gasteiger partial charge in [0.1, 0.15) is 0 Å². The molecule has 0 fully saturated rings. The van der Waals surface area contributed by atoms with Crippen LogP contribution in [0.25, 0.3) is 5.69 Å². The predicted molar refractivity (Wildman–Crippen MR) is 122 cm³/mol. The third-order valence-corrected chi connectivity index (χ3v) is 5.84. The van der Waals surface area contributed by atoms with Gasteiger partial charge in [-0.15, -0.1) is 5.10 Å². The zero-order chi connectivity index (χ0) is 21.6. The standard InChI is InChI=1S/C24H23N5OS/c1-17-13-14-21(18(2)15-17)29-24(26-27-28-29)31-16-22(30)25-23(19-9-5-3-6-10-19)20-11-7-4-8-12-20/h3-15,23H,16H2,1-2H3,(H,25,30). The lowest BCUT2D eigenvalue weighted by Crippen LogP contribution is -2.30. The molecule has 3 aromatic carbocycles. The summed E-state index contributed by atoms with van der Waals surface area (Å²) in [5.41, 5.74) is 5.23. The van der Waals surface area contributed by atoms with Gasteiger partial charge in [-0.05, 0) is 47.0 Å². The molecule has 4 aromatic rings. The summed E-state index contributed by atoms with van der Waals surface area (Å²) < 4.78 is 1.68. The van der Waals surface area contributed by atoms with Crippen LogP contribution in [-0.4, -0.2) is 31.9 Å². The molecule has 1 aromatic heterocycles. The molecule has 0 unspecified atom stereocenters. The molecule has 0 aliphatic rings. The fourth-order valence-corrected chi connectivity index (χ4v) is 4.14. The van der Waals surface area contributed by atoms with Gasteiger partial charge >= 0.3 is 0 Å². The molecule has 0 radical (unpaired) electrons. The van der Waals surface area contributed by atoms with Crippen molar-refractivity contribution in [3.63, 3.8) is 0 Å².